The van der Waals surface area contributed by atoms with Crippen LogP contribution in [0.15, 0.2) is 57.2 Å². The first-order valence-electron chi connectivity index (χ1n) is 9.44. The van der Waals surface area contributed by atoms with Crippen LogP contribution in [0.3, 0.4) is 0 Å². The molecule has 1 heterocycles. The van der Waals surface area contributed by atoms with Crippen molar-refractivity contribution in [1.82, 2.24) is 15.4 Å². The zero-order valence-corrected chi connectivity index (χ0v) is 21.1. The quantitative estimate of drug-likeness (QED) is 0.160. The molecule has 0 aliphatic rings. The van der Waals surface area contributed by atoms with E-state index in [0.29, 0.717) is 31.0 Å². The maximum Gasteiger partial charge on any atom is 0.250 e. The second-order valence-electron chi connectivity index (χ2n) is 6.71. The predicted molar refractivity (Wildman–Crippen MR) is 133 cm³/mol. The van der Waals surface area contributed by atoms with Gasteiger partial charge < -0.3 is 4.74 Å². The van der Waals surface area contributed by atoms with E-state index in [1.807, 2.05) is 38.1 Å². The molecular weight excluding hydrogens is 535 g/mol. The van der Waals surface area contributed by atoms with Crippen molar-refractivity contribution in [3.8, 4) is 5.75 Å². The van der Waals surface area contributed by atoms with E-state index in [9.17, 15) is 4.79 Å². The predicted octanol–water partition coefficient (Wildman–Crippen LogP) is 5.98. The van der Waals surface area contributed by atoms with E-state index < -0.39 is 0 Å². The number of nitrogens with one attached hydrogen (secondary N) is 1. The minimum Gasteiger partial charge on any atom is -0.486 e. The number of nitrogens with zero attached hydrogens (tertiary/aromatic N) is 3. The molecular formula is C22H19BrCl2N4O2S. The largest absolute Gasteiger partial charge is 0.486 e. The fourth-order valence-corrected chi connectivity index (χ4v) is 4.58. The molecule has 0 saturated carbocycles. The van der Waals surface area contributed by atoms with Crippen molar-refractivity contribution in [1.29, 1.82) is 0 Å². The van der Waals surface area contributed by atoms with Gasteiger partial charge in [0.15, 0.2) is 10.9 Å². The number of hydrazone groups is 1. The van der Waals surface area contributed by atoms with Gasteiger partial charge >= 0.3 is 0 Å². The smallest absolute Gasteiger partial charge is 0.250 e. The fourth-order valence-electron chi connectivity index (χ4n) is 2.66. The summed E-state index contributed by atoms with van der Waals surface area (Å²) in [6, 6.07) is 12.8. The molecule has 10 heteroatoms. The Bertz CT molecular complexity index is 1120. The molecule has 0 fully saturated rings. The minimum atomic E-state index is -0.265. The zero-order valence-electron chi connectivity index (χ0n) is 17.2. The Morgan fingerprint density at radius 2 is 1.88 bits per heavy atom. The lowest BCUT2D eigenvalue weighted by Gasteiger charge is -2.12. The number of hydrogen-bond acceptors (Lipinski definition) is 6. The van der Waals surface area contributed by atoms with Crippen molar-refractivity contribution in [3.63, 3.8) is 0 Å². The summed E-state index contributed by atoms with van der Waals surface area (Å²) in [5.74, 6) is 0.385. The summed E-state index contributed by atoms with van der Waals surface area (Å²) in [4.78, 5) is 20.6. The van der Waals surface area contributed by atoms with Crippen LogP contribution >= 0.6 is 50.9 Å². The summed E-state index contributed by atoms with van der Waals surface area (Å²) >= 11 is 17.3. The van der Waals surface area contributed by atoms with Gasteiger partial charge in [-0.1, -0.05) is 53.2 Å². The van der Waals surface area contributed by atoms with Crippen LogP contribution in [-0.4, -0.2) is 27.8 Å². The van der Waals surface area contributed by atoms with Crippen molar-refractivity contribution in [2.24, 2.45) is 5.10 Å². The van der Waals surface area contributed by atoms with E-state index in [-0.39, 0.29) is 18.3 Å². The summed E-state index contributed by atoms with van der Waals surface area (Å²) in [6.07, 6.45) is 1.50. The summed E-state index contributed by atoms with van der Waals surface area (Å²) in [5.41, 5.74) is 5.76. The Kier molecular flexibility index (Phi) is 8.92. The highest BCUT2D eigenvalue weighted by Gasteiger charge is 2.11. The standard InChI is InChI=1S/C22H19BrCl2N4O2S/c1-13-7-14(2)28-22(27-13)32-12-20(30)29-26-10-15-8-17(23)21(19(25)9-15)31-11-16-5-3-4-6-18(16)24/h3-10H,11-12H2,1-2H3,(H,29,30)/b26-10-. The van der Waals surface area contributed by atoms with E-state index in [4.69, 9.17) is 27.9 Å². The van der Waals surface area contributed by atoms with Gasteiger partial charge in [0, 0.05) is 22.0 Å². The SMILES string of the molecule is Cc1cc(C)nc(SCC(=O)N/N=C\c2cc(Cl)c(OCc3ccccc3Cl)c(Br)c2)n1. The van der Waals surface area contributed by atoms with Crippen LogP contribution in [0.2, 0.25) is 10.0 Å². The molecule has 0 aliphatic carbocycles. The number of carbonyl (C=O) groups excluding carboxylic acids is 1. The number of ether oxygens (including phenoxy) is 1. The number of hydrogen-bond donors (Lipinski definition) is 1. The molecule has 6 nitrogen and oxygen atoms in total. The average molecular weight is 554 g/mol. The molecule has 0 aliphatic heterocycles. The molecule has 1 amide bonds. The Morgan fingerprint density at radius 3 is 2.56 bits per heavy atom. The Morgan fingerprint density at radius 1 is 1.16 bits per heavy atom. The first kappa shape index (κ1) is 24.5. The van der Waals surface area contributed by atoms with Crippen LogP contribution in [0.1, 0.15) is 22.5 Å². The number of carbonyl (C=O) groups is 1. The normalized spacial score (nSPS) is 11.0. The molecule has 0 saturated heterocycles. The van der Waals surface area contributed by atoms with E-state index in [1.165, 1.54) is 18.0 Å². The third-order valence-electron chi connectivity index (χ3n) is 4.05. The lowest BCUT2D eigenvalue weighted by molar-refractivity contribution is -0.118. The highest BCUT2D eigenvalue weighted by atomic mass is 79.9. The third kappa shape index (κ3) is 7.20. The first-order chi connectivity index (χ1) is 15.3. The highest BCUT2D eigenvalue weighted by molar-refractivity contribution is 9.10. The van der Waals surface area contributed by atoms with E-state index in [2.05, 4.69) is 36.4 Å². The minimum absolute atomic E-state index is 0.152. The number of thioether (sulfide) groups is 1. The van der Waals surface area contributed by atoms with Crippen LogP contribution < -0.4 is 10.2 Å². The van der Waals surface area contributed by atoms with Gasteiger partial charge in [-0.05, 0) is 59.6 Å². The van der Waals surface area contributed by atoms with Crippen molar-refractivity contribution in [2.45, 2.75) is 25.6 Å². The molecule has 3 rings (SSSR count). The number of amides is 1. The monoisotopic (exact) mass is 552 g/mol. The molecule has 0 atom stereocenters. The first-order valence-corrected chi connectivity index (χ1v) is 12.0. The highest BCUT2D eigenvalue weighted by Crippen LogP contribution is 2.35. The Balaban J connectivity index is 1.55. The van der Waals surface area contributed by atoms with Gasteiger partial charge in [-0.15, -0.1) is 0 Å². The second-order valence-corrected chi connectivity index (χ2v) is 9.32. The van der Waals surface area contributed by atoms with Gasteiger partial charge in [0.2, 0.25) is 0 Å². The lowest BCUT2D eigenvalue weighted by atomic mass is 10.2. The van der Waals surface area contributed by atoms with Crippen LogP contribution in [0, 0.1) is 13.8 Å². The molecule has 1 N–H and O–H groups in total. The lowest BCUT2D eigenvalue weighted by Crippen LogP contribution is -2.19. The number of benzene rings is 2. The summed E-state index contributed by atoms with van der Waals surface area (Å²) in [6.45, 7) is 4.06. The van der Waals surface area contributed by atoms with Crippen molar-refractivity contribution >= 4 is 63.0 Å². The number of aromatic nitrogens is 2. The molecule has 0 bridgehead atoms. The van der Waals surface area contributed by atoms with Crippen LogP contribution in [0.5, 0.6) is 5.75 Å². The Hall–Kier alpha value is -2.13. The molecule has 2 aromatic carbocycles. The second kappa shape index (κ2) is 11.7. The molecule has 0 unspecified atom stereocenters. The maximum absolute atomic E-state index is 12.0. The van der Waals surface area contributed by atoms with Gasteiger partial charge in [-0.2, -0.15) is 5.10 Å². The van der Waals surface area contributed by atoms with Gasteiger partial charge in [0.05, 0.1) is 21.5 Å². The summed E-state index contributed by atoms with van der Waals surface area (Å²) < 4.78 is 6.49. The number of rotatable bonds is 8. The van der Waals surface area contributed by atoms with Gasteiger partial charge in [-0.3, -0.25) is 4.79 Å². The van der Waals surface area contributed by atoms with Gasteiger partial charge in [-0.25, -0.2) is 15.4 Å². The molecule has 166 valence electrons. The number of halogens is 3. The third-order valence-corrected chi connectivity index (χ3v) is 6.13. The van der Waals surface area contributed by atoms with Crippen LogP contribution in [-0.2, 0) is 11.4 Å². The molecule has 1 aromatic heterocycles. The number of aryl methyl sites for hydroxylation is 2. The zero-order chi connectivity index (χ0) is 23.1. The molecule has 0 spiro atoms. The topological polar surface area (TPSA) is 76.5 Å². The molecule has 3 aromatic rings. The van der Waals surface area contributed by atoms with Gasteiger partial charge in [0.25, 0.3) is 5.91 Å². The average Bonchev–Trinajstić information content (AvgIpc) is 2.72. The van der Waals surface area contributed by atoms with E-state index in [0.717, 1.165) is 17.0 Å². The van der Waals surface area contributed by atoms with Crippen LogP contribution in [0.4, 0.5) is 0 Å². The summed E-state index contributed by atoms with van der Waals surface area (Å²) in [5, 5.41) is 5.58. The van der Waals surface area contributed by atoms with E-state index in [1.54, 1.807) is 18.2 Å². The van der Waals surface area contributed by atoms with Crippen molar-refractivity contribution < 1.29 is 9.53 Å². The molecule has 32 heavy (non-hydrogen) atoms. The van der Waals surface area contributed by atoms with Crippen molar-refractivity contribution in [2.75, 3.05) is 5.75 Å². The Labute approximate surface area is 208 Å². The van der Waals surface area contributed by atoms with Crippen molar-refractivity contribution in [3.05, 3.63) is 79.5 Å². The molecule has 0 radical (unpaired) electrons. The fraction of sp³-hybridized carbons (Fsp3) is 0.182. The summed E-state index contributed by atoms with van der Waals surface area (Å²) in [7, 11) is 0. The van der Waals surface area contributed by atoms with E-state index >= 15 is 0 Å². The van der Waals surface area contributed by atoms with Crippen LogP contribution in [0.25, 0.3) is 0 Å². The van der Waals surface area contributed by atoms with Gasteiger partial charge in [0.1, 0.15) is 6.61 Å². The maximum atomic E-state index is 12.0.